The van der Waals surface area contributed by atoms with Crippen LogP contribution in [0.25, 0.3) is 0 Å². The Kier molecular flexibility index (Phi) is 5.14. The van der Waals surface area contributed by atoms with Gasteiger partial charge in [0.05, 0.1) is 16.6 Å². The molecule has 1 aliphatic rings. The summed E-state index contributed by atoms with van der Waals surface area (Å²) >= 11 is 6.14. The van der Waals surface area contributed by atoms with Gasteiger partial charge in [-0.2, -0.15) is 0 Å². The summed E-state index contributed by atoms with van der Waals surface area (Å²) in [5.41, 5.74) is 1.42. The van der Waals surface area contributed by atoms with Gasteiger partial charge in [0.25, 0.3) is 5.91 Å². The molecule has 0 saturated carbocycles. The van der Waals surface area contributed by atoms with Crippen molar-refractivity contribution in [2.75, 3.05) is 24.7 Å². The highest BCUT2D eigenvalue weighted by molar-refractivity contribution is 6.34. The van der Waals surface area contributed by atoms with E-state index in [1.165, 1.54) is 35.2 Å². The zero-order chi connectivity index (χ0) is 19.7. The van der Waals surface area contributed by atoms with Crippen molar-refractivity contribution in [2.24, 2.45) is 0 Å². The van der Waals surface area contributed by atoms with E-state index in [-0.39, 0.29) is 34.6 Å². The Hall–Kier alpha value is -2.93. The lowest BCUT2D eigenvalue weighted by atomic mass is 9.89. The van der Waals surface area contributed by atoms with E-state index >= 15 is 0 Å². The molecule has 2 aromatic carbocycles. The smallest absolute Gasteiger partial charge is 0.253 e. The number of nitrogens with zero attached hydrogens (tertiary/aromatic N) is 1. The van der Waals surface area contributed by atoms with Gasteiger partial charge in [-0.05, 0) is 35.9 Å². The fourth-order valence-electron chi connectivity index (χ4n) is 2.90. The molecular weight excluding hydrogens is 373 g/mol. The molecule has 140 valence electrons. The topological polar surface area (TPSA) is 78.5 Å². The molecule has 1 atom stereocenters. The third-order valence-corrected chi connectivity index (χ3v) is 4.58. The Bertz CT molecular complexity index is 946. The maximum absolute atomic E-state index is 13.4. The van der Waals surface area contributed by atoms with Crippen molar-refractivity contribution < 1.29 is 18.8 Å². The van der Waals surface area contributed by atoms with E-state index < -0.39 is 17.6 Å². The first-order valence-corrected chi connectivity index (χ1v) is 8.55. The summed E-state index contributed by atoms with van der Waals surface area (Å²) < 4.78 is 13.4. The molecule has 0 spiro atoms. The third kappa shape index (κ3) is 3.93. The molecule has 2 N–H and O–H groups in total. The van der Waals surface area contributed by atoms with Crippen LogP contribution in [0.1, 0.15) is 28.3 Å². The molecule has 0 fully saturated rings. The van der Waals surface area contributed by atoms with Gasteiger partial charge < -0.3 is 15.5 Å². The van der Waals surface area contributed by atoms with Crippen molar-refractivity contribution in [3.05, 3.63) is 58.4 Å². The molecule has 1 aliphatic heterocycles. The minimum absolute atomic E-state index is 0.0710. The van der Waals surface area contributed by atoms with Crippen LogP contribution in [-0.4, -0.2) is 36.7 Å². The number of hydrogen-bond acceptors (Lipinski definition) is 3. The van der Waals surface area contributed by atoms with Gasteiger partial charge in [-0.15, -0.1) is 0 Å². The maximum Gasteiger partial charge on any atom is 0.253 e. The molecule has 0 aliphatic carbocycles. The lowest BCUT2D eigenvalue weighted by Crippen LogP contribution is -2.31. The molecule has 8 heteroatoms. The van der Waals surface area contributed by atoms with E-state index in [1.807, 2.05) is 0 Å². The summed E-state index contributed by atoms with van der Waals surface area (Å²) in [4.78, 5) is 38.2. The number of nitrogens with one attached hydrogen (secondary N) is 2. The summed E-state index contributed by atoms with van der Waals surface area (Å²) in [6, 6.07) is 8.45. The molecular formula is C19H17ClFN3O3. The number of amides is 3. The maximum atomic E-state index is 13.4. The zero-order valence-corrected chi connectivity index (χ0v) is 15.4. The molecule has 2 aromatic rings. The first-order chi connectivity index (χ1) is 12.8. The number of fused-ring (bicyclic) bond motifs is 1. The normalized spacial score (nSPS) is 15.6. The lowest BCUT2D eigenvalue weighted by Gasteiger charge is -2.25. The van der Waals surface area contributed by atoms with E-state index in [1.54, 1.807) is 20.2 Å². The van der Waals surface area contributed by atoms with Crippen LogP contribution in [0.15, 0.2) is 36.4 Å². The Morgan fingerprint density at radius 1 is 1.22 bits per heavy atom. The fourth-order valence-corrected chi connectivity index (χ4v) is 3.07. The van der Waals surface area contributed by atoms with Crippen molar-refractivity contribution in [3.63, 3.8) is 0 Å². The van der Waals surface area contributed by atoms with Gasteiger partial charge in [0.2, 0.25) is 11.8 Å². The number of halogens is 2. The first-order valence-electron chi connectivity index (χ1n) is 8.17. The Morgan fingerprint density at radius 3 is 2.67 bits per heavy atom. The number of rotatable bonds is 3. The number of anilines is 2. The van der Waals surface area contributed by atoms with Gasteiger partial charge in [-0.25, -0.2) is 4.39 Å². The highest BCUT2D eigenvalue weighted by Crippen LogP contribution is 2.34. The molecule has 0 saturated heterocycles. The number of carbonyl (C=O) groups is 3. The van der Waals surface area contributed by atoms with Gasteiger partial charge in [0.1, 0.15) is 5.82 Å². The average Bonchev–Trinajstić information content (AvgIpc) is 2.61. The molecule has 0 radical (unpaired) electrons. The zero-order valence-electron chi connectivity index (χ0n) is 14.7. The Labute approximate surface area is 160 Å². The third-order valence-electron chi connectivity index (χ3n) is 4.25. The summed E-state index contributed by atoms with van der Waals surface area (Å²) in [7, 11) is 3.23. The van der Waals surface area contributed by atoms with Crippen LogP contribution >= 0.6 is 11.6 Å². The largest absolute Gasteiger partial charge is 0.345 e. The van der Waals surface area contributed by atoms with Gasteiger partial charge in [0, 0.05) is 31.8 Å². The predicted octanol–water partition coefficient (Wildman–Crippen LogP) is 3.25. The summed E-state index contributed by atoms with van der Waals surface area (Å²) in [5.74, 6) is -2.38. The highest BCUT2D eigenvalue weighted by Gasteiger charge is 2.31. The monoisotopic (exact) mass is 389 g/mol. The molecule has 1 unspecified atom stereocenters. The fraction of sp³-hybridized carbons (Fsp3) is 0.211. The Balaban J connectivity index is 1.89. The van der Waals surface area contributed by atoms with Crippen LogP contribution in [0.2, 0.25) is 5.02 Å². The van der Waals surface area contributed by atoms with E-state index in [2.05, 4.69) is 10.6 Å². The van der Waals surface area contributed by atoms with Gasteiger partial charge in [0.15, 0.2) is 0 Å². The SMILES string of the molecule is CN(C)C(=O)c1ccc(Cl)c(NC(=O)C2CC(=O)Nc3cc(F)ccc32)c1. The van der Waals surface area contributed by atoms with E-state index in [4.69, 9.17) is 11.6 Å². The molecule has 1 heterocycles. The summed E-state index contributed by atoms with van der Waals surface area (Å²) in [6.07, 6.45) is -0.0710. The standard InChI is InChI=1S/C19H17ClFN3O3/c1-24(2)19(27)10-3-6-14(20)16(7-10)23-18(26)13-9-17(25)22-15-8-11(21)4-5-12(13)15/h3-8,13H,9H2,1-2H3,(H,22,25)(H,23,26). The number of hydrogen-bond donors (Lipinski definition) is 2. The minimum Gasteiger partial charge on any atom is -0.345 e. The van der Waals surface area contributed by atoms with Gasteiger partial charge in [-0.3, -0.25) is 14.4 Å². The van der Waals surface area contributed by atoms with Crippen molar-refractivity contribution in [1.82, 2.24) is 4.90 Å². The van der Waals surface area contributed by atoms with Crippen LogP contribution in [0, 0.1) is 5.82 Å². The van der Waals surface area contributed by atoms with Crippen LogP contribution in [0.3, 0.4) is 0 Å². The van der Waals surface area contributed by atoms with Crippen molar-refractivity contribution in [1.29, 1.82) is 0 Å². The van der Waals surface area contributed by atoms with E-state index in [0.717, 1.165) is 0 Å². The summed E-state index contributed by atoms with van der Waals surface area (Å²) in [5, 5.41) is 5.50. The van der Waals surface area contributed by atoms with Crippen molar-refractivity contribution in [3.8, 4) is 0 Å². The summed E-state index contributed by atoms with van der Waals surface area (Å²) in [6.45, 7) is 0. The van der Waals surface area contributed by atoms with Crippen molar-refractivity contribution >= 4 is 40.7 Å². The van der Waals surface area contributed by atoms with Crippen LogP contribution in [0.5, 0.6) is 0 Å². The first kappa shape index (κ1) is 18.8. The van der Waals surface area contributed by atoms with Gasteiger partial charge in [-0.1, -0.05) is 17.7 Å². The second kappa shape index (κ2) is 7.36. The molecule has 6 nitrogen and oxygen atoms in total. The van der Waals surface area contributed by atoms with Gasteiger partial charge >= 0.3 is 0 Å². The molecule has 3 rings (SSSR count). The molecule has 27 heavy (non-hydrogen) atoms. The van der Waals surface area contributed by atoms with Crippen LogP contribution in [0.4, 0.5) is 15.8 Å². The van der Waals surface area contributed by atoms with Crippen molar-refractivity contribution in [2.45, 2.75) is 12.3 Å². The second-order valence-electron chi connectivity index (χ2n) is 6.42. The van der Waals surface area contributed by atoms with Crippen LogP contribution < -0.4 is 10.6 Å². The molecule has 0 aromatic heterocycles. The molecule has 0 bridgehead atoms. The quantitative estimate of drug-likeness (QED) is 0.845. The second-order valence-corrected chi connectivity index (χ2v) is 6.83. The average molecular weight is 390 g/mol. The van der Waals surface area contributed by atoms with E-state index in [9.17, 15) is 18.8 Å². The number of benzene rings is 2. The number of carbonyl (C=O) groups excluding carboxylic acids is 3. The van der Waals surface area contributed by atoms with Crippen LogP contribution in [-0.2, 0) is 9.59 Å². The lowest BCUT2D eigenvalue weighted by molar-refractivity contribution is -0.123. The van der Waals surface area contributed by atoms with E-state index in [0.29, 0.717) is 11.1 Å². The predicted molar refractivity (Wildman–Crippen MR) is 100 cm³/mol. The Morgan fingerprint density at radius 2 is 1.96 bits per heavy atom. The molecule has 3 amide bonds. The minimum atomic E-state index is -0.793. The highest BCUT2D eigenvalue weighted by atomic mass is 35.5.